The fourth-order valence-electron chi connectivity index (χ4n) is 2.90. The van der Waals surface area contributed by atoms with Gasteiger partial charge in [0.05, 0.1) is 25.8 Å². The molecule has 0 saturated carbocycles. The van der Waals surface area contributed by atoms with Gasteiger partial charge in [-0.3, -0.25) is 4.79 Å². The number of hydrogen-bond donors (Lipinski definition) is 1. The molecule has 1 heterocycles. The summed E-state index contributed by atoms with van der Waals surface area (Å²) in [7, 11) is 1.65. The average molecular weight is 385 g/mol. The Bertz CT molecular complexity index is 788. The largest absolute Gasteiger partial charge is 0.497 e. The summed E-state index contributed by atoms with van der Waals surface area (Å²) in [6.45, 7) is 0.470. The lowest BCUT2D eigenvalue weighted by atomic mass is 10.0. The van der Waals surface area contributed by atoms with Gasteiger partial charge in [0, 0.05) is 17.7 Å². The van der Waals surface area contributed by atoms with E-state index in [4.69, 9.17) is 9.57 Å². The molecule has 0 aliphatic carbocycles. The van der Waals surface area contributed by atoms with Gasteiger partial charge in [0.1, 0.15) is 11.9 Å². The second kappa shape index (κ2) is 9.46. The molecule has 1 unspecified atom stereocenters. The van der Waals surface area contributed by atoms with Crippen molar-refractivity contribution in [3.63, 3.8) is 0 Å². The van der Waals surface area contributed by atoms with Crippen molar-refractivity contribution in [1.29, 1.82) is 0 Å². The molecule has 0 saturated heterocycles. The number of ether oxygens (including phenoxy) is 1. The number of rotatable bonds is 8. The number of oxime groups is 1. The van der Waals surface area contributed by atoms with E-state index in [9.17, 15) is 4.79 Å². The molecule has 0 bridgehead atoms. The zero-order valence-electron chi connectivity index (χ0n) is 15.6. The Hall–Kier alpha value is -2.47. The van der Waals surface area contributed by atoms with Crippen molar-refractivity contribution in [2.75, 3.05) is 19.9 Å². The fraction of sp³-hybridized carbons (Fsp3) is 0.333. The molecule has 6 heteroatoms. The highest BCUT2D eigenvalue weighted by molar-refractivity contribution is 7.98. The SMILES string of the molecule is COc1ccc(CC2=NOC(CNC(=O)Cc3ccc(SC)cc3)C2)cc1. The third-order valence-corrected chi connectivity index (χ3v) is 5.16. The Kier molecular flexibility index (Phi) is 6.76. The Labute approximate surface area is 164 Å². The van der Waals surface area contributed by atoms with Crippen molar-refractivity contribution >= 4 is 23.4 Å². The summed E-state index contributed by atoms with van der Waals surface area (Å²) in [6.07, 6.45) is 3.79. The van der Waals surface area contributed by atoms with Crippen LogP contribution >= 0.6 is 11.8 Å². The molecule has 2 aromatic rings. The standard InChI is InChI=1S/C21H24N2O3S/c1-25-18-7-3-15(4-8-18)11-17-13-19(26-23-17)14-22-21(24)12-16-5-9-20(27-2)10-6-16/h3-10,19H,11-14H2,1-2H3,(H,22,24). The molecule has 0 radical (unpaired) electrons. The molecule has 5 nitrogen and oxygen atoms in total. The summed E-state index contributed by atoms with van der Waals surface area (Å²) >= 11 is 1.69. The number of thioether (sulfide) groups is 1. The first-order valence-electron chi connectivity index (χ1n) is 8.90. The zero-order chi connectivity index (χ0) is 19.1. The predicted octanol–water partition coefficient (Wildman–Crippen LogP) is 3.46. The van der Waals surface area contributed by atoms with Crippen LogP contribution in [0.5, 0.6) is 5.75 Å². The van der Waals surface area contributed by atoms with E-state index in [1.165, 1.54) is 4.90 Å². The molecule has 0 aromatic heterocycles. The molecule has 1 aliphatic rings. The molecule has 142 valence electrons. The van der Waals surface area contributed by atoms with Gasteiger partial charge in [0.2, 0.25) is 5.91 Å². The van der Waals surface area contributed by atoms with Gasteiger partial charge >= 0.3 is 0 Å². The van der Waals surface area contributed by atoms with Crippen molar-refractivity contribution < 1.29 is 14.4 Å². The van der Waals surface area contributed by atoms with E-state index in [-0.39, 0.29) is 12.0 Å². The maximum Gasteiger partial charge on any atom is 0.224 e. The lowest BCUT2D eigenvalue weighted by Crippen LogP contribution is -2.33. The van der Waals surface area contributed by atoms with Gasteiger partial charge in [-0.1, -0.05) is 29.4 Å². The summed E-state index contributed by atoms with van der Waals surface area (Å²) in [5, 5.41) is 7.11. The number of carbonyl (C=O) groups excluding carboxylic acids is 1. The summed E-state index contributed by atoms with van der Waals surface area (Å²) < 4.78 is 5.17. The Morgan fingerprint density at radius 1 is 1.19 bits per heavy atom. The van der Waals surface area contributed by atoms with Gasteiger partial charge in [-0.2, -0.15) is 0 Å². The zero-order valence-corrected chi connectivity index (χ0v) is 16.4. The Morgan fingerprint density at radius 2 is 1.89 bits per heavy atom. The van der Waals surface area contributed by atoms with Gasteiger partial charge in [0.25, 0.3) is 0 Å². The van der Waals surface area contributed by atoms with Crippen molar-refractivity contribution in [3.8, 4) is 5.75 Å². The number of nitrogens with one attached hydrogen (secondary N) is 1. The van der Waals surface area contributed by atoms with Gasteiger partial charge in [-0.25, -0.2) is 0 Å². The van der Waals surface area contributed by atoms with E-state index in [0.717, 1.165) is 35.4 Å². The predicted molar refractivity (Wildman–Crippen MR) is 109 cm³/mol. The van der Waals surface area contributed by atoms with Crippen molar-refractivity contribution in [2.24, 2.45) is 5.16 Å². The van der Waals surface area contributed by atoms with E-state index in [1.54, 1.807) is 18.9 Å². The molecule has 1 aliphatic heterocycles. The molecule has 1 amide bonds. The highest BCUT2D eigenvalue weighted by Gasteiger charge is 2.21. The third-order valence-electron chi connectivity index (χ3n) is 4.41. The molecule has 0 fully saturated rings. The first kappa shape index (κ1) is 19.3. The summed E-state index contributed by atoms with van der Waals surface area (Å²) in [5.41, 5.74) is 3.16. The molecule has 1 N–H and O–H groups in total. The lowest BCUT2D eigenvalue weighted by molar-refractivity contribution is -0.121. The smallest absolute Gasteiger partial charge is 0.224 e. The number of nitrogens with zero attached hydrogens (tertiary/aromatic N) is 1. The Balaban J connectivity index is 1.40. The second-order valence-corrected chi connectivity index (χ2v) is 7.32. The first-order chi connectivity index (χ1) is 13.2. The van der Waals surface area contributed by atoms with Crippen molar-refractivity contribution in [1.82, 2.24) is 5.32 Å². The molecule has 27 heavy (non-hydrogen) atoms. The highest BCUT2D eigenvalue weighted by Crippen LogP contribution is 2.17. The Morgan fingerprint density at radius 3 is 2.56 bits per heavy atom. The highest BCUT2D eigenvalue weighted by atomic mass is 32.2. The summed E-state index contributed by atoms with van der Waals surface area (Å²) in [6, 6.07) is 16.0. The topological polar surface area (TPSA) is 59.9 Å². The van der Waals surface area contributed by atoms with E-state index in [0.29, 0.717) is 13.0 Å². The van der Waals surface area contributed by atoms with Crippen LogP contribution < -0.4 is 10.1 Å². The lowest BCUT2D eigenvalue weighted by Gasteiger charge is -2.10. The van der Waals surface area contributed by atoms with Crippen LogP contribution in [0.1, 0.15) is 17.5 Å². The minimum atomic E-state index is -0.0962. The number of carbonyl (C=O) groups is 1. The quantitative estimate of drug-likeness (QED) is 0.708. The van der Waals surface area contributed by atoms with Crippen LogP contribution in [0.15, 0.2) is 58.6 Å². The third kappa shape index (κ3) is 5.76. The monoisotopic (exact) mass is 384 g/mol. The van der Waals surface area contributed by atoms with Crippen LogP contribution in [0.25, 0.3) is 0 Å². The van der Waals surface area contributed by atoms with Gasteiger partial charge < -0.3 is 14.9 Å². The fourth-order valence-corrected chi connectivity index (χ4v) is 3.31. The van der Waals surface area contributed by atoms with E-state index in [1.807, 2.05) is 54.8 Å². The van der Waals surface area contributed by atoms with Crippen molar-refractivity contribution in [2.45, 2.75) is 30.3 Å². The van der Waals surface area contributed by atoms with Crippen LogP contribution in [-0.4, -0.2) is 37.6 Å². The van der Waals surface area contributed by atoms with Gasteiger partial charge in [-0.05, 0) is 41.6 Å². The van der Waals surface area contributed by atoms with Crippen LogP contribution in [0, 0.1) is 0 Å². The minimum Gasteiger partial charge on any atom is -0.497 e. The molecular weight excluding hydrogens is 360 g/mol. The maximum atomic E-state index is 12.1. The summed E-state index contributed by atoms with van der Waals surface area (Å²) in [4.78, 5) is 18.8. The molecule has 1 atom stereocenters. The average Bonchev–Trinajstić information content (AvgIpc) is 3.15. The number of hydrogen-bond acceptors (Lipinski definition) is 5. The first-order valence-corrected chi connectivity index (χ1v) is 10.1. The van der Waals surface area contributed by atoms with Gasteiger partial charge in [-0.15, -0.1) is 11.8 Å². The number of benzene rings is 2. The molecular formula is C21H24N2O3S. The van der Waals surface area contributed by atoms with E-state index >= 15 is 0 Å². The van der Waals surface area contributed by atoms with Crippen molar-refractivity contribution in [3.05, 3.63) is 59.7 Å². The molecule has 0 spiro atoms. The number of amides is 1. The van der Waals surface area contributed by atoms with E-state index < -0.39 is 0 Å². The number of methoxy groups -OCH3 is 1. The van der Waals surface area contributed by atoms with E-state index in [2.05, 4.69) is 10.5 Å². The molecule has 3 rings (SSSR count). The van der Waals surface area contributed by atoms with Crippen LogP contribution in [0.2, 0.25) is 0 Å². The summed E-state index contributed by atoms with van der Waals surface area (Å²) in [5.74, 6) is 0.839. The van der Waals surface area contributed by atoms with Crippen LogP contribution in [0.4, 0.5) is 0 Å². The van der Waals surface area contributed by atoms with Crippen LogP contribution in [0.3, 0.4) is 0 Å². The normalized spacial score (nSPS) is 15.8. The van der Waals surface area contributed by atoms with Crippen LogP contribution in [-0.2, 0) is 22.5 Å². The minimum absolute atomic E-state index is 0.000828. The second-order valence-electron chi connectivity index (χ2n) is 6.44. The maximum absolute atomic E-state index is 12.1. The molecule has 2 aromatic carbocycles. The van der Waals surface area contributed by atoms with Gasteiger partial charge in [0.15, 0.2) is 0 Å².